The van der Waals surface area contributed by atoms with E-state index in [4.69, 9.17) is 4.74 Å². The summed E-state index contributed by atoms with van der Waals surface area (Å²) in [6.07, 6.45) is 0. The second kappa shape index (κ2) is 6.86. The third-order valence-electron chi connectivity index (χ3n) is 3.09. The third-order valence-corrected chi connectivity index (χ3v) is 3.99. The van der Waals surface area contributed by atoms with Crippen LogP contribution in [0.3, 0.4) is 0 Å². The lowest BCUT2D eigenvalue weighted by Crippen LogP contribution is -2.05. The van der Waals surface area contributed by atoms with Crippen molar-refractivity contribution in [1.29, 1.82) is 0 Å². The van der Waals surface area contributed by atoms with Gasteiger partial charge in [0.15, 0.2) is 0 Å². The third kappa shape index (κ3) is 3.81. The zero-order chi connectivity index (χ0) is 14.5. The van der Waals surface area contributed by atoms with Gasteiger partial charge >= 0.3 is 0 Å². The maximum absolute atomic E-state index is 5.98. The molecule has 0 aliphatic rings. The van der Waals surface area contributed by atoms with Crippen LogP contribution in [0.2, 0.25) is 0 Å². The normalized spacial score (nSPS) is 11.1. The number of ether oxygens (including phenoxy) is 1. The van der Waals surface area contributed by atoms with Crippen LogP contribution in [0, 0.1) is 6.92 Å². The van der Waals surface area contributed by atoms with Gasteiger partial charge in [0.25, 0.3) is 0 Å². The van der Waals surface area contributed by atoms with Gasteiger partial charge < -0.3 is 10.1 Å². The Morgan fingerprint density at radius 1 is 1.35 bits per heavy atom. The maximum Gasteiger partial charge on any atom is 0.131 e. The molecule has 1 aromatic carbocycles. The predicted molar refractivity (Wildman–Crippen MR) is 84.5 cm³/mol. The van der Waals surface area contributed by atoms with Crippen LogP contribution >= 0.6 is 11.3 Å². The molecule has 0 atom stereocenters. The highest BCUT2D eigenvalue weighted by Gasteiger charge is 2.09. The molecule has 4 heteroatoms. The lowest BCUT2D eigenvalue weighted by atomic mass is 10.0. The highest BCUT2D eigenvalue weighted by atomic mass is 32.1. The van der Waals surface area contributed by atoms with Crippen molar-refractivity contribution in [3.05, 3.63) is 45.4 Å². The summed E-state index contributed by atoms with van der Waals surface area (Å²) >= 11 is 1.67. The van der Waals surface area contributed by atoms with E-state index in [1.54, 1.807) is 11.3 Å². The highest BCUT2D eigenvalue weighted by molar-refractivity contribution is 7.09. The molecule has 0 aliphatic heterocycles. The Morgan fingerprint density at radius 3 is 2.85 bits per heavy atom. The predicted octanol–water partition coefficient (Wildman–Crippen LogP) is 3.87. The number of aryl methyl sites for hydroxylation is 1. The summed E-state index contributed by atoms with van der Waals surface area (Å²) in [6.45, 7) is 7.80. The summed E-state index contributed by atoms with van der Waals surface area (Å²) in [6, 6.07) is 6.40. The summed E-state index contributed by atoms with van der Waals surface area (Å²) in [5.74, 6) is 1.43. The summed E-state index contributed by atoms with van der Waals surface area (Å²) in [4.78, 5) is 4.54. The minimum atomic E-state index is 0.459. The summed E-state index contributed by atoms with van der Waals surface area (Å²) in [7, 11) is 1.93. The van der Waals surface area contributed by atoms with E-state index >= 15 is 0 Å². The zero-order valence-corrected chi connectivity index (χ0v) is 13.4. The number of thiazole rings is 1. The van der Waals surface area contributed by atoms with Crippen molar-refractivity contribution in [2.24, 2.45) is 0 Å². The number of benzene rings is 1. The van der Waals surface area contributed by atoms with E-state index in [2.05, 4.69) is 54.7 Å². The molecule has 1 N–H and O–H groups in total. The van der Waals surface area contributed by atoms with Gasteiger partial charge in [0.1, 0.15) is 17.4 Å². The van der Waals surface area contributed by atoms with Crippen LogP contribution in [0.5, 0.6) is 5.75 Å². The van der Waals surface area contributed by atoms with E-state index < -0.39 is 0 Å². The van der Waals surface area contributed by atoms with Crippen molar-refractivity contribution in [2.45, 2.75) is 39.8 Å². The molecule has 1 aromatic heterocycles. The lowest BCUT2D eigenvalue weighted by molar-refractivity contribution is 0.297. The molecule has 0 amide bonds. The Labute approximate surface area is 125 Å². The van der Waals surface area contributed by atoms with Crippen LogP contribution in [0.15, 0.2) is 23.6 Å². The molecule has 0 spiro atoms. The van der Waals surface area contributed by atoms with E-state index in [1.807, 2.05) is 7.05 Å². The Morgan fingerprint density at radius 2 is 2.15 bits per heavy atom. The average molecular weight is 290 g/mol. The van der Waals surface area contributed by atoms with Crippen LogP contribution in [0.1, 0.15) is 41.6 Å². The molecular weight excluding hydrogens is 268 g/mol. The van der Waals surface area contributed by atoms with Crippen LogP contribution in [0.25, 0.3) is 0 Å². The number of aromatic nitrogens is 1. The second-order valence-electron chi connectivity index (χ2n) is 5.25. The van der Waals surface area contributed by atoms with Gasteiger partial charge in [-0.1, -0.05) is 26.0 Å². The monoisotopic (exact) mass is 290 g/mol. The van der Waals surface area contributed by atoms with Gasteiger partial charge in [-0.25, -0.2) is 4.98 Å². The van der Waals surface area contributed by atoms with Crippen molar-refractivity contribution in [2.75, 3.05) is 7.05 Å². The van der Waals surface area contributed by atoms with E-state index in [0.717, 1.165) is 23.0 Å². The first kappa shape index (κ1) is 15.0. The molecule has 1 heterocycles. The molecule has 0 unspecified atom stereocenters. The molecule has 3 nitrogen and oxygen atoms in total. The fourth-order valence-electron chi connectivity index (χ4n) is 2.04. The largest absolute Gasteiger partial charge is 0.487 e. The quantitative estimate of drug-likeness (QED) is 0.877. The number of hydrogen-bond donors (Lipinski definition) is 1. The second-order valence-corrected chi connectivity index (χ2v) is 6.19. The van der Waals surface area contributed by atoms with E-state index in [9.17, 15) is 0 Å². The van der Waals surface area contributed by atoms with Crippen LogP contribution < -0.4 is 10.1 Å². The average Bonchev–Trinajstić information content (AvgIpc) is 2.84. The van der Waals surface area contributed by atoms with E-state index in [-0.39, 0.29) is 0 Å². The summed E-state index contributed by atoms with van der Waals surface area (Å²) in [5.41, 5.74) is 3.47. The first-order valence-corrected chi connectivity index (χ1v) is 7.79. The smallest absolute Gasteiger partial charge is 0.131 e. The van der Waals surface area contributed by atoms with Gasteiger partial charge in [-0.05, 0) is 37.1 Å². The highest BCUT2D eigenvalue weighted by Crippen LogP contribution is 2.28. The number of rotatable bonds is 6. The van der Waals surface area contributed by atoms with Gasteiger partial charge in [0, 0.05) is 11.9 Å². The molecule has 20 heavy (non-hydrogen) atoms. The lowest BCUT2D eigenvalue weighted by Gasteiger charge is -2.14. The van der Waals surface area contributed by atoms with E-state index in [0.29, 0.717) is 12.5 Å². The number of nitrogens with one attached hydrogen (secondary N) is 1. The van der Waals surface area contributed by atoms with Gasteiger partial charge in [0.2, 0.25) is 0 Å². The Kier molecular flexibility index (Phi) is 5.15. The SMILES string of the molecule is CNCc1nc(COc2cc(C)ccc2C(C)C)cs1. The zero-order valence-electron chi connectivity index (χ0n) is 12.6. The standard InChI is InChI=1S/C16H22N2OS/c1-11(2)14-6-5-12(3)7-15(14)19-9-13-10-20-16(18-13)8-17-4/h5-7,10-11,17H,8-9H2,1-4H3. The molecular formula is C16H22N2OS. The van der Waals surface area contributed by atoms with Crippen molar-refractivity contribution < 1.29 is 4.74 Å². The Hall–Kier alpha value is -1.39. The van der Waals surface area contributed by atoms with Gasteiger partial charge in [0.05, 0.1) is 5.69 Å². The van der Waals surface area contributed by atoms with Crippen LogP contribution in [0.4, 0.5) is 0 Å². The fourth-order valence-corrected chi connectivity index (χ4v) is 2.83. The molecule has 0 saturated heterocycles. The first-order chi connectivity index (χ1) is 9.60. The summed E-state index contributed by atoms with van der Waals surface area (Å²) < 4.78 is 5.98. The minimum Gasteiger partial charge on any atom is -0.487 e. The van der Waals surface area contributed by atoms with Crippen molar-refractivity contribution in [3.63, 3.8) is 0 Å². The van der Waals surface area contributed by atoms with Crippen molar-refractivity contribution in [3.8, 4) is 5.75 Å². The molecule has 108 valence electrons. The molecule has 2 aromatic rings. The maximum atomic E-state index is 5.98. The molecule has 0 fully saturated rings. The molecule has 0 bridgehead atoms. The van der Waals surface area contributed by atoms with Crippen molar-refractivity contribution in [1.82, 2.24) is 10.3 Å². The van der Waals surface area contributed by atoms with Crippen LogP contribution in [-0.2, 0) is 13.2 Å². The number of hydrogen-bond acceptors (Lipinski definition) is 4. The number of nitrogens with zero attached hydrogens (tertiary/aromatic N) is 1. The first-order valence-electron chi connectivity index (χ1n) is 6.91. The Balaban J connectivity index is 2.07. The topological polar surface area (TPSA) is 34.2 Å². The molecule has 0 radical (unpaired) electrons. The molecule has 0 saturated carbocycles. The van der Waals surface area contributed by atoms with Gasteiger partial charge in [-0.3, -0.25) is 0 Å². The Bertz CT molecular complexity index is 563. The molecule has 0 aliphatic carbocycles. The minimum absolute atomic E-state index is 0.459. The van der Waals surface area contributed by atoms with Gasteiger partial charge in [-0.15, -0.1) is 11.3 Å². The summed E-state index contributed by atoms with van der Waals surface area (Å²) in [5, 5.41) is 6.27. The van der Waals surface area contributed by atoms with Gasteiger partial charge in [-0.2, -0.15) is 0 Å². The van der Waals surface area contributed by atoms with Crippen LogP contribution in [-0.4, -0.2) is 12.0 Å². The van der Waals surface area contributed by atoms with Crippen molar-refractivity contribution >= 4 is 11.3 Å². The fraction of sp³-hybridized carbons (Fsp3) is 0.438. The van der Waals surface area contributed by atoms with E-state index in [1.165, 1.54) is 11.1 Å². The molecule has 2 rings (SSSR count).